The number of fused-ring (bicyclic) bond motifs is 1. The Morgan fingerprint density at radius 2 is 1.44 bits per heavy atom. The normalized spacial score (nSPS) is 13.6. The number of nitrogens with one attached hydrogen (secondary N) is 1. The van der Waals surface area contributed by atoms with Crippen molar-refractivity contribution in [3.63, 3.8) is 0 Å². The van der Waals surface area contributed by atoms with Gasteiger partial charge in [0.1, 0.15) is 6.04 Å². The summed E-state index contributed by atoms with van der Waals surface area (Å²) in [5, 5.41) is 2.58. The highest BCUT2D eigenvalue weighted by molar-refractivity contribution is 6.23. The van der Waals surface area contributed by atoms with Gasteiger partial charge in [0.25, 0.3) is 11.8 Å². The molecule has 0 spiro atoms. The van der Waals surface area contributed by atoms with E-state index in [2.05, 4.69) is 10.1 Å². The summed E-state index contributed by atoms with van der Waals surface area (Å²) in [5.74, 6) is -3.69. The lowest BCUT2D eigenvalue weighted by molar-refractivity contribution is -0.121. The Morgan fingerprint density at radius 1 is 0.875 bits per heavy atom. The van der Waals surface area contributed by atoms with Crippen molar-refractivity contribution >= 4 is 35.3 Å². The third-order valence-corrected chi connectivity index (χ3v) is 5.11. The summed E-state index contributed by atoms with van der Waals surface area (Å²) in [7, 11) is 2.38. The maximum atomic E-state index is 13.3. The SMILES string of the molecule is COC(=O)c1ccc(C(=O)OC)c(NC(=O)[C@@H](C(C)C)N2C(=O)c3ccccc3C2=O)c1. The molecule has 9 nitrogen and oxygen atoms in total. The van der Waals surface area contributed by atoms with E-state index in [9.17, 15) is 24.0 Å². The minimum Gasteiger partial charge on any atom is -0.465 e. The van der Waals surface area contributed by atoms with E-state index < -0.39 is 41.6 Å². The number of hydrogen-bond acceptors (Lipinski definition) is 7. The minimum absolute atomic E-state index is 0.00151. The number of carbonyl (C=O) groups excluding carboxylic acids is 5. The first-order valence-electron chi connectivity index (χ1n) is 9.79. The van der Waals surface area contributed by atoms with Crippen molar-refractivity contribution in [3.8, 4) is 0 Å². The number of hydrogen-bond donors (Lipinski definition) is 1. The van der Waals surface area contributed by atoms with E-state index in [1.165, 1.54) is 44.6 Å². The van der Waals surface area contributed by atoms with Gasteiger partial charge in [0.2, 0.25) is 5.91 Å². The van der Waals surface area contributed by atoms with Crippen molar-refractivity contribution < 1.29 is 33.4 Å². The van der Waals surface area contributed by atoms with Crippen LogP contribution >= 0.6 is 0 Å². The Hall–Kier alpha value is -4.01. The van der Waals surface area contributed by atoms with Crippen LogP contribution in [0.2, 0.25) is 0 Å². The zero-order valence-corrected chi connectivity index (χ0v) is 18.0. The molecule has 2 aromatic carbocycles. The molecule has 9 heteroatoms. The third kappa shape index (κ3) is 3.96. The molecule has 32 heavy (non-hydrogen) atoms. The first-order valence-corrected chi connectivity index (χ1v) is 9.79. The quantitative estimate of drug-likeness (QED) is 0.544. The number of amides is 3. The first kappa shape index (κ1) is 22.7. The fourth-order valence-electron chi connectivity index (χ4n) is 3.57. The van der Waals surface area contributed by atoms with Crippen LogP contribution in [0.3, 0.4) is 0 Å². The molecule has 3 rings (SSSR count). The summed E-state index contributed by atoms with van der Waals surface area (Å²) in [6, 6.07) is 9.13. The van der Waals surface area contributed by atoms with Crippen LogP contribution in [0.5, 0.6) is 0 Å². The minimum atomic E-state index is -1.16. The van der Waals surface area contributed by atoms with Crippen LogP contribution in [-0.4, -0.2) is 54.8 Å². The molecule has 1 aliphatic heterocycles. The van der Waals surface area contributed by atoms with E-state index in [0.29, 0.717) is 0 Å². The molecule has 0 bridgehead atoms. The van der Waals surface area contributed by atoms with Crippen LogP contribution in [0, 0.1) is 5.92 Å². The van der Waals surface area contributed by atoms with Crippen molar-refractivity contribution in [2.45, 2.75) is 19.9 Å². The topological polar surface area (TPSA) is 119 Å². The monoisotopic (exact) mass is 438 g/mol. The lowest BCUT2D eigenvalue weighted by Gasteiger charge is -2.28. The molecule has 0 aliphatic carbocycles. The Morgan fingerprint density at radius 3 is 1.94 bits per heavy atom. The summed E-state index contributed by atoms with van der Waals surface area (Å²) >= 11 is 0. The average Bonchev–Trinajstić information content (AvgIpc) is 3.03. The molecular formula is C23H22N2O7. The molecule has 3 amide bonds. The van der Waals surface area contributed by atoms with Gasteiger partial charge < -0.3 is 14.8 Å². The van der Waals surface area contributed by atoms with Crippen LogP contribution in [0.15, 0.2) is 42.5 Å². The zero-order chi connectivity index (χ0) is 23.6. The number of anilines is 1. The summed E-state index contributed by atoms with van der Waals surface area (Å²) in [6.07, 6.45) is 0. The van der Waals surface area contributed by atoms with Crippen LogP contribution in [0.25, 0.3) is 0 Å². The van der Waals surface area contributed by atoms with Gasteiger partial charge in [0.05, 0.1) is 42.2 Å². The number of esters is 2. The van der Waals surface area contributed by atoms with E-state index in [4.69, 9.17) is 4.74 Å². The number of benzene rings is 2. The molecule has 0 unspecified atom stereocenters. The Labute approximate surface area is 184 Å². The lowest BCUT2D eigenvalue weighted by Crippen LogP contribution is -2.50. The molecule has 0 radical (unpaired) electrons. The number of ether oxygens (including phenoxy) is 2. The molecule has 166 valence electrons. The molecule has 0 saturated heterocycles. The number of methoxy groups -OCH3 is 2. The summed E-state index contributed by atoms with van der Waals surface area (Å²) < 4.78 is 9.43. The van der Waals surface area contributed by atoms with Crippen molar-refractivity contribution in [1.29, 1.82) is 0 Å². The van der Waals surface area contributed by atoms with Gasteiger partial charge >= 0.3 is 11.9 Å². The van der Waals surface area contributed by atoms with Crippen molar-refractivity contribution in [2.24, 2.45) is 5.92 Å². The lowest BCUT2D eigenvalue weighted by atomic mass is 10.0. The second-order valence-electron chi connectivity index (χ2n) is 7.45. The average molecular weight is 438 g/mol. The van der Waals surface area contributed by atoms with E-state index in [1.54, 1.807) is 26.0 Å². The van der Waals surface area contributed by atoms with Gasteiger partial charge in [-0.25, -0.2) is 9.59 Å². The molecule has 1 atom stereocenters. The highest BCUT2D eigenvalue weighted by atomic mass is 16.5. The second-order valence-corrected chi connectivity index (χ2v) is 7.45. The van der Waals surface area contributed by atoms with E-state index >= 15 is 0 Å². The third-order valence-electron chi connectivity index (χ3n) is 5.11. The number of carbonyl (C=O) groups is 5. The van der Waals surface area contributed by atoms with Crippen molar-refractivity contribution in [2.75, 3.05) is 19.5 Å². The van der Waals surface area contributed by atoms with E-state index in [0.717, 1.165) is 4.90 Å². The molecule has 1 heterocycles. The molecule has 1 N–H and O–H groups in total. The van der Waals surface area contributed by atoms with Gasteiger partial charge in [-0.05, 0) is 36.2 Å². The highest BCUT2D eigenvalue weighted by Gasteiger charge is 2.44. The Balaban J connectivity index is 1.99. The van der Waals surface area contributed by atoms with Gasteiger partial charge in [-0.1, -0.05) is 26.0 Å². The Bertz CT molecular complexity index is 1090. The maximum Gasteiger partial charge on any atom is 0.339 e. The van der Waals surface area contributed by atoms with E-state index in [-0.39, 0.29) is 27.9 Å². The molecule has 2 aromatic rings. The molecule has 0 fully saturated rings. The van der Waals surface area contributed by atoms with Crippen molar-refractivity contribution in [3.05, 3.63) is 64.7 Å². The van der Waals surface area contributed by atoms with Gasteiger partial charge in [-0.3, -0.25) is 19.3 Å². The zero-order valence-electron chi connectivity index (χ0n) is 18.0. The summed E-state index contributed by atoms with van der Waals surface area (Å²) in [6.45, 7) is 3.39. The van der Waals surface area contributed by atoms with Gasteiger partial charge in [0, 0.05) is 0 Å². The van der Waals surface area contributed by atoms with Gasteiger partial charge in [-0.15, -0.1) is 0 Å². The van der Waals surface area contributed by atoms with Crippen LogP contribution < -0.4 is 5.32 Å². The van der Waals surface area contributed by atoms with E-state index in [1.807, 2.05) is 0 Å². The van der Waals surface area contributed by atoms with Crippen molar-refractivity contribution in [1.82, 2.24) is 4.90 Å². The number of rotatable bonds is 6. The van der Waals surface area contributed by atoms with Gasteiger partial charge in [0.15, 0.2) is 0 Å². The Kier molecular flexibility index (Phi) is 6.38. The standard InChI is InChI=1S/C23H22N2O7/c1-12(2)18(25-20(27)14-7-5-6-8-15(14)21(25)28)19(26)24-17-11-13(22(29)31-3)9-10-16(17)23(30)32-4/h5-12,18H,1-4H3,(H,24,26)/t18-/m1/s1. The maximum absolute atomic E-state index is 13.3. The number of nitrogens with zero attached hydrogens (tertiary/aromatic N) is 1. The molecule has 1 aliphatic rings. The van der Waals surface area contributed by atoms with Crippen LogP contribution in [0.4, 0.5) is 5.69 Å². The molecule has 0 aromatic heterocycles. The predicted octanol–water partition coefficient (Wildman–Crippen LogP) is 2.52. The summed E-state index contributed by atoms with van der Waals surface area (Å²) in [5.41, 5.74) is 0.528. The van der Waals surface area contributed by atoms with Gasteiger partial charge in [-0.2, -0.15) is 0 Å². The molecule has 0 saturated carbocycles. The molecular weight excluding hydrogens is 416 g/mol. The first-order chi connectivity index (χ1) is 15.2. The van der Waals surface area contributed by atoms with Crippen LogP contribution in [-0.2, 0) is 14.3 Å². The summed E-state index contributed by atoms with van der Waals surface area (Å²) in [4.78, 5) is 64.1. The fourth-order valence-corrected chi connectivity index (χ4v) is 3.57. The smallest absolute Gasteiger partial charge is 0.339 e. The highest BCUT2D eigenvalue weighted by Crippen LogP contribution is 2.28. The fraction of sp³-hybridized carbons (Fsp3) is 0.261. The second kappa shape index (κ2) is 9.01. The largest absolute Gasteiger partial charge is 0.465 e. The predicted molar refractivity (Wildman–Crippen MR) is 113 cm³/mol. The number of imide groups is 1. The van der Waals surface area contributed by atoms with Crippen LogP contribution in [0.1, 0.15) is 55.3 Å².